The summed E-state index contributed by atoms with van der Waals surface area (Å²) >= 11 is 0. The van der Waals surface area contributed by atoms with Gasteiger partial charge in [0, 0.05) is 29.6 Å². The lowest BCUT2D eigenvalue weighted by atomic mass is 10.2. The smallest absolute Gasteiger partial charge is 0.248 e. The summed E-state index contributed by atoms with van der Waals surface area (Å²) in [6.45, 7) is 0. The summed E-state index contributed by atoms with van der Waals surface area (Å²) in [5.74, 6) is -0.286. The molecule has 24 heavy (non-hydrogen) atoms. The summed E-state index contributed by atoms with van der Waals surface area (Å²) < 4.78 is 13.5. The van der Waals surface area contributed by atoms with E-state index in [1.807, 2.05) is 30.3 Å². The number of amides is 1. The second kappa shape index (κ2) is 7.28. The molecule has 1 amide bonds. The van der Waals surface area contributed by atoms with E-state index in [0.717, 1.165) is 5.56 Å². The molecule has 0 saturated carbocycles. The van der Waals surface area contributed by atoms with Crippen molar-refractivity contribution in [3.05, 3.63) is 84.4 Å². The van der Waals surface area contributed by atoms with Gasteiger partial charge in [-0.1, -0.05) is 42.5 Å². The Labute approximate surface area is 138 Å². The average Bonchev–Trinajstić information content (AvgIpc) is 2.63. The molecule has 0 atom stereocenters. The van der Waals surface area contributed by atoms with Crippen LogP contribution in [0.3, 0.4) is 0 Å². The van der Waals surface area contributed by atoms with Crippen molar-refractivity contribution in [3.8, 4) is 11.4 Å². The molecule has 0 aliphatic heterocycles. The summed E-state index contributed by atoms with van der Waals surface area (Å²) in [6.07, 6.45) is 6.14. The number of nitrogens with zero attached hydrogens (tertiary/aromatic N) is 2. The number of hydrogen-bond acceptors (Lipinski definition) is 3. The first-order valence-corrected chi connectivity index (χ1v) is 7.33. The zero-order chi connectivity index (χ0) is 16.8. The zero-order valence-electron chi connectivity index (χ0n) is 12.7. The Morgan fingerprint density at radius 2 is 1.62 bits per heavy atom. The standard InChI is InChI=1S/C19H14FN3O/c20-16-8-4-5-9-17(16)23-18(24)11-10-14-12-21-19(22-13-14)15-6-2-1-3-7-15/h1-13H,(H,23,24)/b11-10+. The molecule has 0 aliphatic carbocycles. The van der Waals surface area contributed by atoms with Crippen molar-refractivity contribution in [2.24, 2.45) is 0 Å². The van der Waals surface area contributed by atoms with Crippen molar-refractivity contribution >= 4 is 17.7 Å². The quantitative estimate of drug-likeness (QED) is 0.741. The van der Waals surface area contributed by atoms with Crippen molar-refractivity contribution in [1.82, 2.24) is 9.97 Å². The molecule has 3 rings (SSSR count). The summed E-state index contributed by atoms with van der Waals surface area (Å²) in [7, 11) is 0. The van der Waals surface area contributed by atoms with Gasteiger partial charge in [0.05, 0.1) is 5.69 Å². The van der Waals surface area contributed by atoms with Gasteiger partial charge in [0.15, 0.2) is 5.82 Å². The molecule has 0 aliphatic rings. The predicted molar refractivity (Wildman–Crippen MR) is 91.5 cm³/mol. The minimum absolute atomic E-state index is 0.142. The number of aromatic nitrogens is 2. The highest BCUT2D eigenvalue weighted by molar-refractivity contribution is 6.01. The fraction of sp³-hybridized carbons (Fsp3) is 0. The van der Waals surface area contributed by atoms with E-state index in [9.17, 15) is 9.18 Å². The summed E-state index contributed by atoms with van der Waals surface area (Å²) in [6, 6.07) is 15.6. The number of anilines is 1. The topological polar surface area (TPSA) is 54.9 Å². The van der Waals surface area contributed by atoms with Gasteiger partial charge in [-0.3, -0.25) is 4.79 Å². The fourth-order valence-corrected chi connectivity index (χ4v) is 2.07. The van der Waals surface area contributed by atoms with Gasteiger partial charge < -0.3 is 5.32 Å². The molecule has 0 spiro atoms. The first-order chi connectivity index (χ1) is 11.7. The number of benzene rings is 2. The molecular formula is C19H14FN3O. The van der Waals surface area contributed by atoms with Gasteiger partial charge in [-0.2, -0.15) is 0 Å². The highest BCUT2D eigenvalue weighted by atomic mass is 19.1. The van der Waals surface area contributed by atoms with Gasteiger partial charge in [0.2, 0.25) is 5.91 Å². The molecular weight excluding hydrogens is 305 g/mol. The minimum atomic E-state index is -0.477. The van der Waals surface area contributed by atoms with Gasteiger partial charge >= 0.3 is 0 Å². The molecule has 1 aromatic heterocycles. The number of nitrogens with one attached hydrogen (secondary N) is 1. The second-order valence-corrected chi connectivity index (χ2v) is 5.01. The van der Waals surface area contributed by atoms with Crippen molar-refractivity contribution in [1.29, 1.82) is 0 Å². The normalized spacial score (nSPS) is 10.7. The van der Waals surface area contributed by atoms with Gasteiger partial charge in [-0.15, -0.1) is 0 Å². The van der Waals surface area contributed by atoms with E-state index in [1.165, 1.54) is 18.2 Å². The Morgan fingerprint density at radius 1 is 0.958 bits per heavy atom. The average molecular weight is 319 g/mol. The van der Waals surface area contributed by atoms with Crippen LogP contribution < -0.4 is 5.32 Å². The minimum Gasteiger partial charge on any atom is -0.320 e. The van der Waals surface area contributed by atoms with Crippen LogP contribution in [0.2, 0.25) is 0 Å². The third-order valence-electron chi connectivity index (χ3n) is 3.26. The number of hydrogen-bond donors (Lipinski definition) is 1. The third kappa shape index (κ3) is 3.89. The van der Waals surface area contributed by atoms with Crippen molar-refractivity contribution < 1.29 is 9.18 Å². The number of para-hydroxylation sites is 1. The first kappa shape index (κ1) is 15.6. The summed E-state index contributed by atoms with van der Waals surface area (Å²) in [5, 5.41) is 2.48. The maximum Gasteiger partial charge on any atom is 0.248 e. The molecule has 0 unspecified atom stereocenters. The van der Waals surface area contributed by atoms with Gasteiger partial charge in [0.1, 0.15) is 5.82 Å². The molecule has 0 bridgehead atoms. The Balaban J connectivity index is 1.66. The fourth-order valence-electron chi connectivity index (χ4n) is 2.07. The largest absolute Gasteiger partial charge is 0.320 e. The lowest BCUT2D eigenvalue weighted by molar-refractivity contribution is -0.111. The van der Waals surface area contributed by atoms with E-state index in [4.69, 9.17) is 0 Å². The Bertz CT molecular complexity index is 861. The lowest BCUT2D eigenvalue weighted by Gasteiger charge is -2.03. The highest BCUT2D eigenvalue weighted by Crippen LogP contribution is 2.14. The first-order valence-electron chi connectivity index (χ1n) is 7.33. The van der Waals surface area contributed by atoms with Crippen molar-refractivity contribution in [2.45, 2.75) is 0 Å². The van der Waals surface area contributed by atoms with Gasteiger partial charge in [0.25, 0.3) is 0 Å². The van der Waals surface area contributed by atoms with Crippen LogP contribution in [-0.2, 0) is 4.79 Å². The number of carbonyl (C=O) groups is 1. The maximum absolute atomic E-state index is 13.5. The SMILES string of the molecule is O=C(/C=C/c1cnc(-c2ccccc2)nc1)Nc1ccccc1F. The monoisotopic (exact) mass is 319 g/mol. The predicted octanol–water partition coefficient (Wildman–Crippen LogP) is 3.93. The van der Waals surface area contributed by atoms with Crippen LogP contribution in [0.5, 0.6) is 0 Å². The van der Waals surface area contributed by atoms with Crippen molar-refractivity contribution in [2.75, 3.05) is 5.32 Å². The third-order valence-corrected chi connectivity index (χ3v) is 3.26. The van der Waals surface area contributed by atoms with Crippen LogP contribution in [0.25, 0.3) is 17.5 Å². The van der Waals surface area contributed by atoms with Crippen LogP contribution in [-0.4, -0.2) is 15.9 Å². The number of carbonyl (C=O) groups excluding carboxylic acids is 1. The van der Waals surface area contributed by atoms with E-state index in [0.29, 0.717) is 11.4 Å². The zero-order valence-corrected chi connectivity index (χ0v) is 12.7. The van der Waals surface area contributed by atoms with E-state index >= 15 is 0 Å². The molecule has 1 heterocycles. The molecule has 118 valence electrons. The molecule has 1 N–H and O–H groups in total. The molecule has 4 nitrogen and oxygen atoms in total. The van der Waals surface area contributed by atoms with E-state index in [2.05, 4.69) is 15.3 Å². The second-order valence-electron chi connectivity index (χ2n) is 5.01. The maximum atomic E-state index is 13.5. The highest BCUT2D eigenvalue weighted by Gasteiger charge is 2.03. The van der Waals surface area contributed by atoms with Crippen LogP contribution in [0.15, 0.2) is 73.1 Å². The summed E-state index contributed by atoms with van der Waals surface area (Å²) in [5.41, 5.74) is 1.74. The Morgan fingerprint density at radius 3 is 2.33 bits per heavy atom. The Hall–Kier alpha value is -3.34. The van der Waals surface area contributed by atoms with E-state index in [-0.39, 0.29) is 5.69 Å². The molecule has 0 radical (unpaired) electrons. The van der Waals surface area contributed by atoms with E-state index < -0.39 is 11.7 Å². The lowest BCUT2D eigenvalue weighted by Crippen LogP contribution is -2.09. The molecule has 5 heteroatoms. The van der Waals surface area contributed by atoms with Gasteiger partial charge in [-0.25, -0.2) is 14.4 Å². The Kier molecular flexibility index (Phi) is 4.72. The van der Waals surface area contributed by atoms with Crippen LogP contribution in [0, 0.1) is 5.82 Å². The number of rotatable bonds is 4. The van der Waals surface area contributed by atoms with Crippen molar-refractivity contribution in [3.63, 3.8) is 0 Å². The van der Waals surface area contributed by atoms with E-state index in [1.54, 1.807) is 30.6 Å². The van der Waals surface area contributed by atoms with Crippen LogP contribution >= 0.6 is 0 Å². The molecule has 2 aromatic carbocycles. The molecule has 0 saturated heterocycles. The molecule has 0 fully saturated rings. The van der Waals surface area contributed by atoms with Gasteiger partial charge in [-0.05, 0) is 18.2 Å². The molecule has 3 aromatic rings. The number of halogens is 1. The van der Waals surface area contributed by atoms with Crippen LogP contribution in [0.1, 0.15) is 5.56 Å². The summed E-state index contributed by atoms with van der Waals surface area (Å²) in [4.78, 5) is 20.4. The van der Waals surface area contributed by atoms with Crippen LogP contribution in [0.4, 0.5) is 10.1 Å².